The number of sulfonamides is 1. The Labute approximate surface area is 302 Å². The molecule has 4 amide bonds. The van der Waals surface area contributed by atoms with Crippen molar-refractivity contribution in [3.63, 3.8) is 0 Å². The smallest absolute Gasteiger partial charge is 0.408 e. The van der Waals surface area contributed by atoms with Crippen molar-refractivity contribution >= 4 is 33.8 Å². The van der Waals surface area contributed by atoms with Gasteiger partial charge in [0.2, 0.25) is 27.7 Å². The van der Waals surface area contributed by atoms with Crippen molar-refractivity contribution in [2.24, 2.45) is 5.92 Å². The second kappa shape index (κ2) is 14.8. The number of hydrogen-bond acceptors (Lipinski definition) is 11. The summed E-state index contributed by atoms with van der Waals surface area (Å²) in [6.45, 7) is 0.0315. The van der Waals surface area contributed by atoms with Crippen LogP contribution in [0.4, 0.5) is 4.79 Å². The third kappa shape index (κ3) is 7.78. The summed E-state index contributed by atoms with van der Waals surface area (Å²) in [6.07, 6.45) is 11.0. The van der Waals surface area contributed by atoms with Crippen LogP contribution in [0.5, 0.6) is 5.75 Å². The lowest BCUT2D eigenvalue weighted by Crippen LogP contribution is -2.58. The molecule has 4 fully saturated rings. The first-order valence-corrected chi connectivity index (χ1v) is 19.9. The SMILES string of the molecule is COc1ccc(-c2nnn([C@@H]3C[C@H]4C(=O)N[C@@]5(C(=O)NS(=O)(=O)C6CC6)C[C@H]5/C=C\CCCCC[C@@H](NC(=O)OC5CCCC5)C(=O)N4C3)n2)cc1. The fourth-order valence-corrected chi connectivity index (χ4v) is 8.88. The minimum atomic E-state index is -3.88. The number of ether oxygens (including phenoxy) is 2. The quantitative estimate of drug-likeness (QED) is 0.336. The normalized spacial score (nSPS) is 29.1. The highest BCUT2D eigenvalue weighted by Gasteiger charge is 2.62. The third-order valence-electron chi connectivity index (χ3n) is 10.8. The molecule has 2 aliphatic heterocycles. The van der Waals surface area contributed by atoms with Crippen LogP contribution in [-0.2, 0) is 29.1 Å². The lowest BCUT2D eigenvalue weighted by Gasteiger charge is -2.30. The average Bonchev–Trinajstić information content (AvgIpc) is 3.88. The number of fused-ring (bicyclic) bond motifs is 2. The molecular weight excluding hydrogens is 692 g/mol. The summed E-state index contributed by atoms with van der Waals surface area (Å²) in [7, 11) is -2.31. The minimum Gasteiger partial charge on any atom is -0.497 e. The van der Waals surface area contributed by atoms with Crippen LogP contribution < -0.4 is 20.1 Å². The number of carbonyl (C=O) groups is 4. The van der Waals surface area contributed by atoms with E-state index in [1.54, 1.807) is 31.4 Å². The molecule has 1 saturated heterocycles. The van der Waals surface area contributed by atoms with Crippen LogP contribution in [-0.4, -0.2) is 100.0 Å². The van der Waals surface area contributed by atoms with Crippen LogP contribution in [0.25, 0.3) is 11.4 Å². The van der Waals surface area contributed by atoms with Gasteiger partial charge in [0, 0.05) is 24.4 Å². The molecule has 7 rings (SSSR count). The first-order chi connectivity index (χ1) is 25.1. The molecule has 5 aliphatic rings. The number of nitrogens with zero attached hydrogens (tertiary/aromatic N) is 5. The molecule has 16 nitrogen and oxygen atoms in total. The summed E-state index contributed by atoms with van der Waals surface area (Å²) >= 11 is 0. The molecule has 52 heavy (non-hydrogen) atoms. The zero-order chi connectivity index (χ0) is 36.5. The average molecular weight is 739 g/mol. The van der Waals surface area contributed by atoms with Crippen LogP contribution in [0.2, 0.25) is 0 Å². The zero-order valence-electron chi connectivity index (χ0n) is 29.2. The minimum absolute atomic E-state index is 0.0315. The van der Waals surface area contributed by atoms with E-state index in [4.69, 9.17) is 9.47 Å². The first kappa shape index (κ1) is 35.8. The molecule has 1 aromatic heterocycles. The predicted octanol–water partition coefficient (Wildman–Crippen LogP) is 2.53. The van der Waals surface area contributed by atoms with Gasteiger partial charge >= 0.3 is 6.09 Å². The molecule has 0 radical (unpaired) electrons. The summed E-state index contributed by atoms with van der Waals surface area (Å²) in [5.41, 5.74) is -0.793. The van der Waals surface area contributed by atoms with Crippen molar-refractivity contribution in [3.8, 4) is 17.1 Å². The lowest BCUT2D eigenvalue weighted by molar-refractivity contribution is -0.141. The summed E-state index contributed by atoms with van der Waals surface area (Å²) in [6, 6.07) is 4.53. The Kier molecular flexibility index (Phi) is 10.2. The molecule has 3 N–H and O–H groups in total. The van der Waals surface area contributed by atoms with Gasteiger partial charge in [0.15, 0.2) is 0 Å². The van der Waals surface area contributed by atoms with E-state index in [2.05, 4.69) is 30.8 Å². The molecule has 280 valence electrons. The second-order valence-electron chi connectivity index (χ2n) is 14.6. The van der Waals surface area contributed by atoms with Crippen molar-refractivity contribution in [3.05, 3.63) is 36.4 Å². The Morgan fingerprint density at radius 2 is 1.75 bits per heavy atom. The Morgan fingerprint density at radius 1 is 1.00 bits per heavy atom. The first-order valence-electron chi connectivity index (χ1n) is 18.3. The topological polar surface area (TPSA) is 204 Å². The fourth-order valence-electron chi connectivity index (χ4n) is 7.51. The van der Waals surface area contributed by atoms with Gasteiger partial charge in [-0.1, -0.05) is 25.0 Å². The van der Waals surface area contributed by atoms with Gasteiger partial charge in [-0.05, 0) is 93.7 Å². The van der Waals surface area contributed by atoms with Crippen LogP contribution in [0.3, 0.4) is 0 Å². The van der Waals surface area contributed by atoms with Crippen molar-refractivity contribution in [2.75, 3.05) is 13.7 Å². The maximum Gasteiger partial charge on any atom is 0.408 e. The standard InChI is InChI=1S/C35H46N8O8S/c1-50-25-15-13-22(14-16-25)30-38-41-43(39-30)24-19-29-31(44)37-35(33(46)40-52(48,49)27-17-18-27)20-23(35)9-5-3-2-4-6-12-28(32(45)42(29)21-24)36-34(47)51-26-10-7-8-11-26/h5,9,13-16,23-24,26-29H,2-4,6-8,10-12,17-21H2,1H3,(H,36,47)(H,37,44)(H,40,46)/b9-5-/t23-,24-,28-,29+,35+/m1/s1. The predicted molar refractivity (Wildman–Crippen MR) is 186 cm³/mol. The van der Waals surface area contributed by atoms with E-state index in [1.807, 2.05) is 12.2 Å². The van der Waals surface area contributed by atoms with E-state index in [9.17, 15) is 27.6 Å². The maximum atomic E-state index is 14.4. The van der Waals surface area contributed by atoms with Crippen LogP contribution in [0.15, 0.2) is 36.4 Å². The molecule has 1 aromatic carbocycles. The Morgan fingerprint density at radius 3 is 2.48 bits per heavy atom. The van der Waals surface area contributed by atoms with Gasteiger partial charge in [0.05, 0.1) is 18.4 Å². The van der Waals surface area contributed by atoms with Crippen LogP contribution >= 0.6 is 0 Å². The highest BCUT2D eigenvalue weighted by Crippen LogP contribution is 2.46. The number of benzene rings is 1. The van der Waals surface area contributed by atoms with Gasteiger partial charge in [0.25, 0.3) is 5.91 Å². The molecule has 0 bridgehead atoms. The molecule has 3 saturated carbocycles. The number of allylic oxidation sites excluding steroid dienone is 1. The van der Waals surface area contributed by atoms with Gasteiger partial charge in [-0.25, -0.2) is 13.2 Å². The number of carbonyl (C=O) groups excluding carboxylic acids is 4. The van der Waals surface area contributed by atoms with E-state index < -0.39 is 68.7 Å². The molecule has 5 atom stereocenters. The molecule has 0 unspecified atom stereocenters. The number of amides is 4. The third-order valence-corrected chi connectivity index (χ3v) is 12.6. The van der Waals surface area contributed by atoms with Crippen molar-refractivity contribution in [1.82, 2.24) is 40.5 Å². The van der Waals surface area contributed by atoms with E-state index in [0.29, 0.717) is 49.2 Å². The van der Waals surface area contributed by atoms with Crippen LogP contribution in [0.1, 0.15) is 89.5 Å². The largest absolute Gasteiger partial charge is 0.497 e. The van der Waals surface area contributed by atoms with Gasteiger partial charge in [0.1, 0.15) is 29.5 Å². The zero-order valence-corrected chi connectivity index (χ0v) is 30.1. The van der Waals surface area contributed by atoms with E-state index in [-0.39, 0.29) is 25.5 Å². The number of tetrazole rings is 1. The van der Waals surface area contributed by atoms with Gasteiger partial charge < -0.3 is 25.0 Å². The van der Waals surface area contributed by atoms with Gasteiger partial charge in [-0.3, -0.25) is 19.1 Å². The summed E-state index contributed by atoms with van der Waals surface area (Å²) in [4.78, 5) is 58.3. The molecule has 2 aromatic rings. The Bertz CT molecular complexity index is 1810. The lowest BCUT2D eigenvalue weighted by atomic mass is 10.0. The van der Waals surface area contributed by atoms with E-state index in [0.717, 1.165) is 38.5 Å². The molecule has 0 spiro atoms. The van der Waals surface area contributed by atoms with E-state index in [1.165, 1.54) is 9.70 Å². The number of nitrogens with one attached hydrogen (secondary N) is 3. The molecule has 3 heterocycles. The van der Waals surface area contributed by atoms with Gasteiger partial charge in [-0.2, -0.15) is 4.80 Å². The Balaban J connectivity index is 1.16. The van der Waals surface area contributed by atoms with Crippen molar-refractivity contribution < 1.29 is 37.1 Å². The Hall–Kier alpha value is -4.54. The number of methoxy groups -OCH3 is 1. The summed E-state index contributed by atoms with van der Waals surface area (Å²) < 4.78 is 38.7. The molecule has 17 heteroatoms. The maximum absolute atomic E-state index is 14.4. The van der Waals surface area contributed by atoms with Gasteiger partial charge in [-0.15, -0.1) is 10.2 Å². The highest BCUT2D eigenvalue weighted by molar-refractivity contribution is 7.91. The number of rotatable bonds is 8. The van der Waals surface area contributed by atoms with Crippen molar-refractivity contribution in [2.45, 2.75) is 118 Å². The number of hydrogen-bond donors (Lipinski definition) is 3. The number of alkyl carbamates (subject to hydrolysis) is 1. The second-order valence-corrected chi connectivity index (χ2v) is 16.5. The number of aromatic nitrogens is 4. The van der Waals surface area contributed by atoms with Crippen LogP contribution in [0, 0.1) is 5.92 Å². The summed E-state index contributed by atoms with van der Waals surface area (Å²) in [5.74, 6) is -1.25. The molecular formula is C35H46N8O8S. The molecule has 3 aliphatic carbocycles. The highest BCUT2D eigenvalue weighted by atomic mass is 32.2. The van der Waals surface area contributed by atoms with Crippen molar-refractivity contribution in [1.29, 1.82) is 0 Å². The fraction of sp³-hybridized carbons (Fsp3) is 0.629. The summed E-state index contributed by atoms with van der Waals surface area (Å²) in [5, 5.41) is 18.1. The van der Waals surface area contributed by atoms with E-state index >= 15 is 0 Å². The monoisotopic (exact) mass is 738 g/mol.